The summed E-state index contributed by atoms with van der Waals surface area (Å²) in [5, 5.41) is 4.02. The highest BCUT2D eigenvalue weighted by atomic mass is 32.1. The Morgan fingerprint density at radius 2 is 1.96 bits per heavy atom. The lowest BCUT2D eigenvalue weighted by Crippen LogP contribution is -2.48. The fraction of sp³-hybridized carbons (Fsp3) is 0.556. The number of carbonyl (C=O) groups excluding carboxylic acids is 1. The van der Waals surface area contributed by atoms with Gasteiger partial charge in [0.05, 0.1) is 10.6 Å². The molecule has 2 aromatic rings. The first-order valence-electron chi connectivity index (χ1n) is 8.52. The smallest absolute Gasteiger partial charge is 0.264 e. The van der Waals surface area contributed by atoms with E-state index in [4.69, 9.17) is 4.52 Å². The molecule has 130 valence electrons. The van der Waals surface area contributed by atoms with E-state index < -0.39 is 0 Å². The van der Waals surface area contributed by atoms with Crippen LogP contribution in [0.15, 0.2) is 10.6 Å². The predicted molar refractivity (Wildman–Crippen MR) is 95.6 cm³/mol. The Bertz CT molecular complexity index is 707. The summed E-state index contributed by atoms with van der Waals surface area (Å²) < 4.78 is 5.24. The third kappa shape index (κ3) is 3.39. The molecule has 3 heterocycles. The van der Waals surface area contributed by atoms with Crippen molar-refractivity contribution in [3.05, 3.63) is 38.4 Å². The van der Waals surface area contributed by atoms with Gasteiger partial charge in [-0.3, -0.25) is 9.69 Å². The number of hydrogen-bond donors (Lipinski definition) is 0. The Morgan fingerprint density at radius 1 is 1.25 bits per heavy atom. The summed E-state index contributed by atoms with van der Waals surface area (Å²) >= 11 is 1.64. The van der Waals surface area contributed by atoms with Crippen molar-refractivity contribution in [3.63, 3.8) is 0 Å². The highest BCUT2D eigenvalue weighted by molar-refractivity contribution is 7.14. The molecular formula is C18H25N3O2S. The highest BCUT2D eigenvalue weighted by Crippen LogP contribution is 2.24. The van der Waals surface area contributed by atoms with Crippen LogP contribution in [0.3, 0.4) is 0 Å². The number of amides is 1. The largest absolute Gasteiger partial charge is 0.361 e. The summed E-state index contributed by atoms with van der Waals surface area (Å²) in [6.45, 7) is 12.4. The molecule has 0 saturated carbocycles. The van der Waals surface area contributed by atoms with Gasteiger partial charge >= 0.3 is 0 Å². The summed E-state index contributed by atoms with van der Waals surface area (Å²) in [4.78, 5) is 19.2. The number of rotatable bonds is 4. The van der Waals surface area contributed by atoms with Crippen molar-refractivity contribution < 1.29 is 9.32 Å². The van der Waals surface area contributed by atoms with Crippen LogP contribution in [0.2, 0.25) is 0 Å². The molecule has 0 N–H and O–H groups in total. The second kappa shape index (κ2) is 7.07. The van der Waals surface area contributed by atoms with Crippen LogP contribution in [-0.2, 0) is 13.0 Å². The van der Waals surface area contributed by atoms with Gasteiger partial charge in [-0.25, -0.2) is 0 Å². The van der Waals surface area contributed by atoms with Crippen molar-refractivity contribution in [3.8, 4) is 0 Å². The highest BCUT2D eigenvalue weighted by Gasteiger charge is 2.25. The average molecular weight is 347 g/mol. The van der Waals surface area contributed by atoms with Gasteiger partial charge in [-0.05, 0) is 38.8 Å². The molecule has 0 atom stereocenters. The molecule has 1 aliphatic heterocycles. The molecule has 1 saturated heterocycles. The van der Waals surface area contributed by atoms with Gasteiger partial charge in [0.2, 0.25) is 0 Å². The lowest BCUT2D eigenvalue weighted by molar-refractivity contribution is 0.0632. The topological polar surface area (TPSA) is 49.6 Å². The number of thiophene rings is 1. The normalized spacial score (nSPS) is 15.9. The molecule has 0 aromatic carbocycles. The molecular weight excluding hydrogens is 322 g/mol. The molecule has 2 aromatic heterocycles. The minimum absolute atomic E-state index is 0.180. The Morgan fingerprint density at radius 3 is 2.50 bits per heavy atom. The molecule has 5 nitrogen and oxygen atoms in total. The van der Waals surface area contributed by atoms with Crippen LogP contribution < -0.4 is 0 Å². The van der Waals surface area contributed by atoms with Gasteiger partial charge in [0.25, 0.3) is 5.91 Å². The zero-order valence-electron chi connectivity index (χ0n) is 14.9. The fourth-order valence-corrected chi connectivity index (χ4v) is 4.27. The van der Waals surface area contributed by atoms with E-state index in [1.54, 1.807) is 11.3 Å². The number of aromatic nitrogens is 1. The van der Waals surface area contributed by atoms with Crippen LogP contribution >= 0.6 is 11.3 Å². The molecule has 0 aliphatic carbocycles. The molecule has 1 amide bonds. The van der Waals surface area contributed by atoms with Crippen LogP contribution in [0.4, 0.5) is 0 Å². The van der Waals surface area contributed by atoms with Gasteiger partial charge in [0, 0.05) is 43.2 Å². The summed E-state index contributed by atoms with van der Waals surface area (Å²) in [5.74, 6) is 1.08. The van der Waals surface area contributed by atoms with Crippen LogP contribution in [0, 0.1) is 20.8 Å². The molecule has 24 heavy (non-hydrogen) atoms. The zero-order valence-corrected chi connectivity index (χ0v) is 15.7. The number of hydrogen-bond acceptors (Lipinski definition) is 5. The van der Waals surface area contributed by atoms with Gasteiger partial charge in [0.1, 0.15) is 5.76 Å². The van der Waals surface area contributed by atoms with Crippen molar-refractivity contribution in [1.29, 1.82) is 0 Å². The maximum absolute atomic E-state index is 12.7. The van der Waals surface area contributed by atoms with E-state index in [0.717, 1.165) is 55.5 Å². The van der Waals surface area contributed by atoms with Crippen LogP contribution in [0.25, 0.3) is 0 Å². The number of nitrogens with zero attached hydrogens (tertiary/aromatic N) is 3. The zero-order chi connectivity index (χ0) is 17.3. The van der Waals surface area contributed by atoms with Gasteiger partial charge in [0.15, 0.2) is 0 Å². The van der Waals surface area contributed by atoms with E-state index in [2.05, 4.69) is 23.9 Å². The van der Waals surface area contributed by atoms with Gasteiger partial charge in [-0.2, -0.15) is 0 Å². The molecule has 1 aliphatic rings. The fourth-order valence-electron chi connectivity index (χ4n) is 3.19. The average Bonchev–Trinajstić information content (AvgIpc) is 3.11. The van der Waals surface area contributed by atoms with Crippen molar-refractivity contribution in [2.45, 2.75) is 40.7 Å². The minimum atomic E-state index is 0.180. The monoisotopic (exact) mass is 347 g/mol. The first-order valence-corrected chi connectivity index (χ1v) is 9.34. The van der Waals surface area contributed by atoms with Crippen LogP contribution in [0.5, 0.6) is 0 Å². The van der Waals surface area contributed by atoms with E-state index in [-0.39, 0.29) is 5.91 Å². The molecule has 0 radical (unpaired) electrons. The number of aryl methyl sites for hydroxylation is 4. The molecule has 0 unspecified atom stereocenters. The van der Waals surface area contributed by atoms with Crippen LogP contribution in [0.1, 0.15) is 44.1 Å². The van der Waals surface area contributed by atoms with Gasteiger partial charge < -0.3 is 9.42 Å². The lowest BCUT2D eigenvalue weighted by Gasteiger charge is -2.34. The second-order valence-corrected chi connectivity index (χ2v) is 7.58. The Labute approximate surface area is 147 Å². The molecule has 3 rings (SSSR count). The molecule has 1 fully saturated rings. The SMILES string of the molecule is CCc1sc(C(=O)N2CCN(Cc3c(C)noc3C)CC2)cc1C. The van der Waals surface area contributed by atoms with E-state index >= 15 is 0 Å². The molecule has 0 bridgehead atoms. The third-order valence-corrected chi connectivity index (χ3v) is 6.14. The third-order valence-electron chi connectivity index (χ3n) is 4.77. The van der Waals surface area contributed by atoms with Crippen molar-refractivity contribution in [2.24, 2.45) is 0 Å². The first kappa shape index (κ1) is 17.2. The maximum atomic E-state index is 12.7. The van der Waals surface area contributed by atoms with Crippen LogP contribution in [-0.4, -0.2) is 47.0 Å². The van der Waals surface area contributed by atoms with E-state index in [0.29, 0.717) is 0 Å². The van der Waals surface area contributed by atoms with Crippen molar-refractivity contribution in [2.75, 3.05) is 26.2 Å². The maximum Gasteiger partial charge on any atom is 0.264 e. The summed E-state index contributed by atoms with van der Waals surface area (Å²) in [6.07, 6.45) is 0.995. The number of piperazine rings is 1. The second-order valence-electron chi connectivity index (χ2n) is 6.44. The predicted octanol–water partition coefficient (Wildman–Crippen LogP) is 3.18. The Kier molecular flexibility index (Phi) is 5.06. The molecule has 0 spiro atoms. The Hall–Kier alpha value is -1.66. The van der Waals surface area contributed by atoms with E-state index in [9.17, 15) is 4.79 Å². The van der Waals surface area contributed by atoms with E-state index in [1.165, 1.54) is 16.0 Å². The summed E-state index contributed by atoms with van der Waals surface area (Å²) in [7, 11) is 0. The minimum Gasteiger partial charge on any atom is -0.361 e. The first-order chi connectivity index (χ1) is 11.5. The standard InChI is InChI=1S/C18H25N3O2S/c1-5-16-12(2)10-17(24-16)18(22)21-8-6-20(7-9-21)11-15-13(3)19-23-14(15)4/h10H,5-9,11H2,1-4H3. The van der Waals surface area contributed by atoms with Gasteiger partial charge in [-0.15, -0.1) is 11.3 Å². The molecule has 6 heteroatoms. The van der Waals surface area contributed by atoms with E-state index in [1.807, 2.05) is 24.8 Å². The number of carbonyl (C=O) groups is 1. The summed E-state index contributed by atoms with van der Waals surface area (Å²) in [5.41, 5.74) is 3.38. The van der Waals surface area contributed by atoms with Crippen molar-refractivity contribution >= 4 is 17.2 Å². The van der Waals surface area contributed by atoms with Crippen molar-refractivity contribution in [1.82, 2.24) is 15.0 Å². The summed E-state index contributed by atoms with van der Waals surface area (Å²) in [6, 6.07) is 2.04. The quantitative estimate of drug-likeness (QED) is 0.852. The van der Waals surface area contributed by atoms with Gasteiger partial charge in [-0.1, -0.05) is 12.1 Å². The Balaban J connectivity index is 1.59. The lowest BCUT2D eigenvalue weighted by atomic mass is 10.1.